The average Bonchev–Trinajstić information content (AvgIpc) is 3.03. The van der Waals surface area contributed by atoms with Crippen LogP contribution < -0.4 is 10.2 Å². The van der Waals surface area contributed by atoms with Crippen LogP contribution in [-0.2, 0) is 19.1 Å². The van der Waals surface area contributed by atoms with E-state index in [1.807, 2.05) is 0 Å². The van der Waals surface area contributed by atoms with Crippen molar-refractivity contribution in [3.8, 4) is 0 Å². The zero-order valence-electron chi connectivity index (χ0n) is 15.0. The number of anilines is 2. The van der Waals surface area contributed by atoms with Gasteiger partial charge in [-0.1, -0.05) is 18.2 Å². The predicted molar refractivity (Wildman–Crippen MR) is 97.4 cm³/mol. The number of amides is 2. The van der Waals surface area contributed by atoms with E-state index in [1.165, 1.54) is 48.2 Å². The minimum Gasteiger partial charge on any atom is -0.452 e. The van der Waals surface area contributed by atoms with Crippen LogP contribution in [0.5, 0.6) is 0 Å². The molecule has 0 aromatic heterocycles. The summed E-state index contributed by atoms with van der Waals surface area (Å²) >= 11 is 0. The van der Waals surface area contributed by atoms with Gasteiger partial charge < -0.3 is 15.0 Å². The third-order valence-corrected chi connectivity index (χ3v) is 4.36. The minimum atomic E-state index is -1.15. The highest BCUT2D eigenvalue weighted by atomic mass is 19.1. The minimum absolute atomic E-state index is 0.0309. The first-order chi connectivity index (χ1) is 13.3. The van der Waals surface area contributed by atoms with Gasteiger partial charge in [0.05, 0.1) is 11.6 Å². The average molecular weight is 388 g/mol. The summed E-state index contributed by atoms with van der Waals surface area (Å²) in [5, 5.41) is 2.45. The van der Waals surface area contributed by atoms with Crippen LogP contribution in [0.25, 0.3) is 0 Å². The monoisotopic (exact) mass is 388 g/mol. The lowest BCUT2D eigenvalue weighted by Crippen LogP contribution is -2.33. The Morgan fingerprint density at radius 1 is 1.18 bits per heavy atom. The Morgan fingerprint density at radius 2 is 1.93 bits per heavy atom. The van der Waals surface area contributed by atoms with Crippen molar-refractivity contribution in [2.24, 2.45) is 5.92 Å². The highest BCUT2D eigenvalue weighted by Gasteiger charge is 2.38. The number of nitrogens with one attached hydrogen (secondary N) is 1. The summed E-state index contributed by atoms with van der Waals surface area (Å²) in [5.74, 6) is -3.64. The van der Waals surface area contributed by atoms with Crippen molar-refractivity contribution in [2.45, 2.75) is 19.4 Å². The number of benzene rings is 2. The Balaban J connectivity index is 1.59. The molecule has 1 aliphatic rings. The van der Waals surface area contributed by atoms with Gasteiger partial charge in [0.25, 0.3) is 5.91 Å². The van der Waals surface area contributed by atoms with Gasteiger partial charge in [0.1, 0.15) is 11.6 Å². The summed E-state index contributed by atoms with van der Waals surface area (Å²) in [6.07, 6.45) is -1.28. The molecule has 0 bridgehead atoms. The summed E-state index contributed by atoms with van der Waals surface area (Å²) in [6.45, 7) is 1.34. The van der Waals surface area contributed by atoms with E-state index in [4.69, 9.17) is 4.74 Å². The number of hydrogen-bond acceptors (Lipinski definition) is 4. The van der Waals surface area contributed by atoms with E-state index >= 15 is 0 Å². The summed E-state index contributed by atoms with van der Waals surface area (Å²) in [4.78, 5) is 37.8. The number of carbonyl (C=O) groups excluding carboxylic acids is 3. The third kappa shape index (κ3) is 4.33. The maximum absolute atomic E-state index is 13.9. The second-order valence-electron chi connectivity index (χ2n) is 6.44. The van der Waals surface area contributed by atoms with Gasteiger partial charge in [0.15, 0.2) is 6.10 Å². The molecule has 0 saturated carbocycles. The van der Waals surface area contributed by atoms with Crippen molar-refractivity contribution in [1.82, 2.24) is 0 Å². The van der Waals surface area contributed by atoms with Gasteiger partial charge >= 0.3 is 5.97 Å². The molecular formula is C20H18F2N2O4. The topological polar surface area (TPSA) is 75.7 Å². The molecular weight excluding hydrogens is 370 g/mol. The van der Waals surface area contributed by atoms with Gasteiger partial charge in [0.2, 0.25) is 5.91 Å². The normalized spacial score (nSPS) is 17.3. The van der Waals surface area contributed by atoms with Gasteiger partial charge in [-0.3, -0.25) is 14.4 Å². The number of hydrogen-bond donors (Lipinski definition) is 1. The Morgan fingerprint density at radius 3 is 2.64 bits per heavy atom. The molecule has 0 aliphatic carbocycles. The molecule has 0 radical (unpaired) electrons. The molecule has 0 unspecified atom stereocenters. The molecule has 2 aromatic rings. The fourth-order valence-electron chi connectivity index (χ4n) is 2.90. The maximum Gasteiger partial charge on any atom is 0.312 e. The van der Waals surface area contributed by atoms with Crippen molar-refractivity contribution < 1.29 is 27.9 Å². The second-order valence-corrected chi connectivity index (χ2v) is 6.44. The van der Waals surface area contributed by atoms with Crippen LogP contribution >= 0.6 is 0 Å². The van der Waals surface area contributed by atoms with E-state index < -0.39 is 41.4 Å². The van der Waals surface area contributed by atoms with E-state index in [-0.39, 0.29) is 24.3 Å². The zero-order valence-corrected chi connectivity index (χ0v) is 15.0. The van der Waals surface area contributed by atoms with E-state index in [2.05, 4.69) is 5.32 Å². The first kappa shape index (κ1) is 19.5. The van der Waals surface area contributed by atoms with Crippen molar-refractivity contribution in [3.63, 3.8) is 0 Å². The van der Waals surface area contributed by atoms with Crippen LogP contribution in [0.4, 0.5) is 20.2 Å². The number of para-hydroxylation sites is 1. The van der Waals surface area contributed by atoms with E-state index in [0.717, 1.165) is 6.07 Å². The third-order valence-electron chi connectivity index (χ3n) is 4.36. The molecule has 1 N–H and O–H groups in total. The lowest BCUT2D eigenvalue weighted by atomic mass is 10.1. The standard InChI is InChI=1S/C20H18F2N2O4/c1-12(19(26)23-15-6-4-5-14(21)10-15)28-20(27)13-9-18(25)24(11-13)17-8-3-2-7-16(17)22/h2-8,10,12-13H,9,11H2,1H3,(H,23,26)/t12-,13-/m0/s1. The summed E-state index contributed by atoms with van der Waals surface area (Å²) in [5.41, 5.74) is 0.328. The van der Waals surface area contributed by atoms with Crippen LogP contribution in [0.1, 0.15) is 13.3 Å². The summed E-state index contributed by atoms with van der Waals surface area (Å²) < 4.78 is 32.2. The fourth-order valence-corrected chi connectivity index (χ4v) is 2.90. The molecule has 1 fully saturated rings. The Bertz CT molecular complexity index is 919. The highest BCUT2D eigenvalue weighted by Crippen LogP contribution is 2.28. The highest BCUT2D eigenvalue weighted by molar-refractivity contribution is 6.00. The molecule has 6 nitrogen and oxygen atoms in total. The van der Waals surface area contributed by atoms with E-state index in [1.54, 1.807) is 6.07 Å². The van der Waals surface area contributed by atoms with Crippen molar-refractivity contribution in [2.75, 3.05) is 16.8 Å². The molecule has 28 heavy (non-hydrogen) atoms. The van der Waals surface area contributed by atoms with Crippen molar-refractivity contribution >= 4 is 29.2 Å². The SMILES string of the molecule is C[C@H](OC(=O)[C@H]1CC(=O)N(c2ccccc2F)C1)C(=O)Nc1cccc(F)c1. The largest absolute Gasteiger partial charge is 0.452 e. The molecule has 2 amide bonds. The quantitative estimate of drug-likeness (QED) is 0.800. The Kier molecular flexibility index (Phi) is 5.67. The second kappa shape index (κ2) is 8.16. The van der Waals surface area contributed by atoms with E-state index in [9.17, 15) is 23.2 Å². The number of rotatable bonds is 5. The lowest BCUT2D eigenvalue weighted by Gasteiger charge is -2.18. The van der Waals surface area contributed by atoms with Crippen LogP contribution in [-0.4, -0.2) is 30.4 Å². The Hall–Kier alpha value is -3.29. The van der Waals surface area contributed by atoms with Gasteiger partial charge in [-0.05, 0) is 37.3 Å². The molecule has 8 heteroatoms. The zero-order chi connectivity index (χ0) is 20.3. The molecule has 1 saturated heterocycles. The van der Waals surface area contributed by atoms with Crippen molar-refractivity contribution in [1.29, 1.82) is 0 Å². The molecule has 1 heterocycles. The number of nitrogens with zero attached hydrogens (tertiary/aromatic N) is 1. The van der Waals surface area contributed by atoms with Gasteiger partial charge in [0, 0.05) is 18.7 Å². The molecule has 1 aliphatic heterocycles. The lowest BCUT2D eigenvalue weighted by molar-refractivity contribution is -0.157. The van der Waals surface area contributed by atoms with Gasteiger partial charge in [-0.2, -0.15) is 0 Å². The molecule has 2 aromatic carbocycles. The summed E-state index contributed by atoms with van der Waals surface area (Å²) in [7, 11) is 0. The van der Waals surface area contributed by atoms with Gasteiger partial charge in [-0.15, -0.1) is 0 Å². The predicted octanol–water partition coefficient (Wildman–Crippen LogP) is 2.89. The van der Waals surface area contributed by atoms with E-state index in [0.29, 0.717) is 0 Å². The number of halogens is 2. The molecule has 0 spiro atoms. The molecule has 3 rings (SSSR count). The maximum atomic E-state index is 13.9. The van der Waals surface area contributed by atoms with Crippen LogP contribution in [0, 0.1) is 17.6 Å². The number of carbonyl (C=O) groups is 3. The number of ether oxygens (including phenoxy) is 1. The fraction of sp³-hybridized carbons (Fsp3) is 0.250. The molecule has 146 valence electrons. The smallest absolute Gasteiger partial charge is 0.312 e. The first-order valence-electron chi connectivity index (χ1n) is 8.67. The van der Waals surface area contributed by atoms with Crippen LogP contribution in [0.15, 0.2) is 48.5 Å². The van der Waals surface area contributed by atoms with Gasteiger partial charge in [-0.25, -0.2) is 8.78 Å². The molecule has 2 atom stereocenters. The van der Waals surface area contributed by atoms with Crippen LogP contribution in [0.2, 0.25) is 0 Å². The van der Waals surface area contributed by atoms with Crippen molar-refractivity contribution in [3.05, 3.63) is 60.2 Å². The summed E-state index contributed by atoms with van der Waals surface area (Å²) in [6, 6.07) is 11.1. The Labute approximate surface area is 160 Å². The van der Waals surface area contributed by atoms with Crippen LogP contribution in [0.3, 0.4) is 0 Å². The number of esters is 1. The first-order valence-corrected chi connectivity index (χ1v) is 8.67.